The van der Waals surface area contributed by atoms with Crippen LogP contribution in [-0.2, 0) is 0 Å². The van der Waals surface area contributed by atoms with E-state index in [0.29, 0.717) is 5.69 Å². The fraction of sp³-hybridized carbons (Fsp3) is 0.200. The van der Waals surface area contributed by atoms with Gasteiger partial charge < -0.3 is 10.1 Å². The van der Waals surface area contributed by atoms with Crippen LogP contribution in [0.5, 0.6) is 5.75 Å². The maximum atomic E-state index is 13.0. The molecule has 1 heterocycles. The summed E-state index contributed by atoms with van der Waals surface area (Å²) in [6.07, 6.45) is 1.26. The van der Waals surface area contributed by atoms with Crippen LogP contribution in [0.15, 0.2) is 30.5 Å². The fourth-order valence-electron chi connectivity index (χ4n) is 2.01. The van der Waals surface area contributed by atoms with Gasteiger partial charge in [0.2, 0.25) is 5.95 Å². The summed E-state index contributed by atoms with van der Waals surface area (Å²) in [5.41, 5.74) is 2.67. The average molecular weight is 274 g/mol. The lowest BCUT2D eigenvalue weighted by molar-refractivity contribution is 0.102. The lowest BCUT2D eigenvalue weighted by Gasteiger charge is -2.14. The third-order valence-corrected chi connectivity index (χ3v) is 3.04. The molecule has 0 aliphatic carbocycles. The van der Waals surface area contributed by atoms with Crippen molar-refractivity contribution >= 4 is 11.6 Å². The summed E-state index contributed by atoms with van der Waals surface area (Å²) >= 11 is 0. The van der Waals surface area contributed by atoms with E-state index in [-0.39, 0.29) is 11.5 Å². The first kappa shape index (κ1) is 14.0. The Morgan fingerprint density at radius 1 is 1.30 bits per heavy atom. The highest BCUT2D eigenvalue weighted by atomic mass is 19.1. The van der Waals surface area contributed by atoms with Crippen LogP contribution in [0, 0.1) is 19.8 Å². The molecule has 0 saturated carbocycles. The Hall–Kier alpha value is -2.43. The monoisotopic (exact) mass is 274 g/mol. The van der Waals surface area contributed by atoms with Gasteiger partial charge in [0.1, 0.15) is 5.75 Å². The second-order valence-electron chi connectivity index (χ2n) is 4.41. The number of rotatable bonds is 3. The summed E-state index contributed by atoms with van der Waals surface area (Å²) in [4.78, 5) is 15.5. The van der Waals surface area contributed by atoms with Gasteiger partial charge in [0.05, 0.1) is 7.11 Å². The van der Waals surface area contributed by atoms with Crippen molar-refractivity contribution in [1.82, 2.24) is 4.98 Å². The summed E-state index contributed by atoms with van der Waals surface area (Å²) < 4.78 is 18.3. The zero-order valence-corrected chi connectivity index (χ0v) is 11.5. The predicted octanol–water partition coefficient (Wildman–Crippen LogP) is 3.10. The molecule has 2 aromatic rings. The summed E-state index contributed by atoms with van der Waals surface area (Å²) in [7, 11) is 1.58. The Labute approximate surface area is 116 Å². The smallest absolute Gasteiger partial charge is 0.255 e. The largest absolute Gasteiger partial charge is 0.496 e. The molecule has 0 aliphatic rings. The van der Waals surface area contributed by atoms with E-state index in [1.54, 1.807) is 13.2 Å². The third-order valence-electron chi connectivity index (χ3n) is 3.04. The first-order chi connectivity index (χ1) is 9.52. The molecule has 1 aromatic carbocycles. The number of carbonyl (C=O) groups is 1. The lowest BCUT2D eigenvalue weighted by atomic mass is 10.1. The number of ether oxygens (including phenoxy) is 1. The number of pyridine rings is 1. The molecule has 104 valence electrons. The number of aromatic nitrogens is 1. The molecule has 0 saturated heterocycles. The molecule has 1 N–H and O–H groups in total. The van der Waals surface area contributed by atoms with E-state index in [0.717, 1.165) is 22.9 Å². The zero-order chi connectivity index (χ0) is 14.7. The maximum Gasteiger partial charge on any atom is 0.255 e. The summed E-state index contributed by atoms with van der Waals surface area (Å²) in [5.74, 6) is -0.347. The van der Waals surface area contributed by atoms with Gasteiger partial charge in [0.15, 0.2) is 0 Å². The number of carbonyl (C=O) groups excluding carboxylic acids is 1. The first-order valence-corrected chi connectivity index (χ1v) is 6.10. The van der Waals surface area contributed by atoms with E-state index in [1.807, 2.05) is 19.9 Å². The van der Waals surface area contributed by atoms with E-state index >= 15 is 0 Å². The number of amides is 1. The average Bonchev–Trinajstić information content (AvgIpc) is 2.42. The highest BCUT2D eigenvalue weighted by Crippen LogP contribution is 2.29. The number of halogens is 1. The second-order valence-corrected chi connectivity index (χ2v) is 4.41. The van der Waals surface area contributed by atoms with E-state index in [9.17, 15) is 9.18 Å². The molecule has 0 radical (unpaired) electrons. The lowest BCUT2D eigenvalue weighted by Crippen LogP contribution is -2.13. The van der Waals surface area contributed by atoms with Gasteiger partial charge in [0, 0.05) is 29.1 Å². The third kappa shape index (κ3) is 2.77. The highest BCUT2D eigenvalue weighted by Gasteiger charge is 2.12. The fourth-order valence-corrected chi connectivity index (χ4v) is 2.01. The van der Waals surface area contributed by atoms with Crippen LogP contribution in [0.1, 0.15) is 21.5 Å². The molecule has 0 fully saturated rings. The Bertz CT molecular complexity index is 656. The Morgan fingerprint density at radius 2 is 2.05 bits per heavy atom. The van der Waals surface area contributed by atoms with Crippen molar-refractivity contribution in [3.05, 3.63) is 53.1 Å². The first-order valence-electron chi connectivity index (χ1n) is 6.10. The van der Waals surface area contributed by atoms with Gasteiger partial charge in [-0.25, -0.2) is 4.98 Å². The highest BCUT2D eigenvalue weighted by molar-refractivity contribution is 6.04. The Morgan fingerprint density at radius 3 is 2.70 bits per heavy atom. The summed E-state index contributed by atoms with van der Waals surface area (Å²) in [5, 5.41) is 2.74. The normalized spacial score (nSPS) is 10.2. The number of hydrogen-bond donors (Lipinski definition) is 1. The van der Waals surface area contributed by atoms with Crippen LogP contribution in [0.25, 0.3) is 0 Å². The van der Waals surface area contributed by atoms with Crippen LogP contribution in [0.3, 0.4) is 0 Å². The minimum Gasteiger partial charge on any atom is -0.496 e. The van der Waals surface area contributed by atoms with E-state index in [2.05, 4.69) is 10.3 Å². The van der Waals surface area contributed by atoms with Crippen LogP contribution in [0.4, 0.5) is 10.1 Å². The van der Waals surface area contributed by atoms with Crippen molar-refractivity contribution in [2.75, 3.05) is 12.4 Å². The maximum absolute atomic E-state index is 13.0. The van der Waals surface area contributed by atoms with Crippen molar-refractivity contribution in [2.45, 2.75) is 13.8 Å². The van der Waals surface area contributed by atoms with E-state index in [1.165, 1.54) is 12.3 Å². The quantitative estimate of drug-likeness (QED) is 0.875. The molecule has 0 bridgehead atoms. The van der Waals surface area contributed by atoms with Gasteiger partial charge in [-0.1, -0.05) is 6.07 Å². The number of anilines is 1. The predicted molar refractivity (Wildman–Crippen MR) is 74.6 cm³/mol. The van der Waals surface area contributed by atoms with Gasteiger partial charge in [-0.3, -0.25) is 4.79 Å². The van der Waals surface area contributed by atoms with Crippen LogP contribution < -0.4 is 10.1 Å². The molecule has 0 spiro atoms. The molecule has 4 nitrogen and oxygen atoms in total. The molecular formula is C15H15FN2O2. The minimum absolute atomic E-state index is 0.219. The second kappa shape index (κ2) is 5.69. The minimum atomic E-state index is -0.684. The van der Waals surface area contributed by atoms with Gasteiger partial charge in [0.25, 0.3) is 5.91 Å². The van der Waals surface area contributed by atoms with Crippen molar-refractivity contribution < 1.29 is 13.9 Å². The van der Waals surface area contributed by atoms with Crippen molar-refractivity contribution in [3.63, 3.8) is 0 Å². The van der Waals surface area contributed by atoms with E-state index < -0.39 is 5.95 Å². The van der Waals surface area contributed by atoms with Crippen molar-refractivity contribution in [2.24, 2.45) is 0 Å². The Kier molecular flexibility index (Phi) is 3.98. The standard InChI is InChI=1S/C15H15FN2O2/c1-9-4-5-12(10(2)14(9)20-3)18-15(19)11-6-7-17-13(16)8-11/h4-8H,1-3H3,(H,18,19). The number of methoxy groups -OCH3 is 1. The number of nitrogens with zero attached hydrogens (tertiary/aromatic N) is 1. The molecule has 0 atom stereocenters. The zero-order valence-electron chi connectivity index (χ0n) is 11.5. The van der Waals surface area contributed by atoms with Gasteiger partial charge >= 0.3 is 0 Å². The topological polar surface area (TPSA) is 51.2 Å². The molecule has 2 rings (SSSR count). The Balaban J connectivity index is 2.29. The van der Waals surface area contributed by atoms with Gasteiger partial charge in [-0.2, -0.15) is 4.39 Å². The molecule has 20 heavy (non-hydrogen) atoms. The molecule has 0 unspecified atom stereocenters. The van der Waals surface area contributed by atoms with Crippen LogP contribution >= 0.6 is 0 Å². The van der Waals surface area contributed by atoms with Crippen molar-refractivity contribution in [3.8, 4) is 5.75 Å². The van der Waals surface area contributed by atoms with Crippen LogP contribution in [-0.4, -0.2) is 18.0 Å². The SMILES string of the molecule is COc1c(C)ccc(NC(=O)c2ccnc(F)c2)c1C. The molecule has 1 amide bonds. The molecule has 0 aliphatic heterocycles. The summed E-state index contributed by atoms with van der Waals surface area (Å²) in [6.45, 7) is 3.78. The van der Waals surface area contributed by atoms with Gasteiger partial charge in [-0.05, 0) is 31.5 Å². The number of benzene rings is 1. The van der Waals surface area contributed by atoms with Crippen molar-refractivity contribution in [1.29, 1.82) is 0 Å². The van der Waals surface area contributed by atoms with Gasteiger partial charge in [-0.15, -0.1) is 0 Å². The molecule has 1 aromatic heterocycles. The van der Waals surface area contributed by atoms with Crippen LogP contribution in [0.2, 0.25) is 0 Å². The number of hydrogen-bond acceptors (Lipinski definition) is 3. The van der Waals surface area contributed by atoms with E-state index in [4.69, 9.17) is 4.74 Å². The summed E-state index contributed by atoms with van der Waals surface area (Å²) in [6, 6.07) is 6.20. The number of aryl methyl sites for hydroxylation is 1. The molecular weight excluding hydrogens is 259 g/mol. The number of nitrogens with one attached hydrogen (secondary N) is 1. The molecule has 5 heteroatoms.